The molecule has 1 aromatic carbocycles. The van der Waals surface area contributed by atoms with Gasteiger partial charge in [0.05, 0.1) is 48.4 Å². The Labute approximate surface area is 193 Å². The van der Waals surface area contributed by atoms with Crippen LogP contribution in [0.5, 0.6) is 11.5 Å². The monoisotopic (exact) mass is 498 g/mol. The highest BCUT2D eigenvalue weighted by Gasteiger charge is 2.33. The van der Waals surface area contributed by atoms with Gasteiger partial charge in [-0.2, -0.15) is 0 Å². The van der Waals surface area contributed by atoms with E-state index in [-0.39, 0.29) is 58.8 Å². The lowest BCUT2D eigenvalue weighted by molar-refractivity contribution is -0.385. The van der Waals surface area contributed by atoms with E-state index in [1.165, 1.54) is 13.2 Å². The number of fused-ring (bicyclic) bond motifs is 1. The Bertz CT molecular complexity index is 1220. The van der Waals surface area contributed by atoms with Crippen LogP contribution >= 0.6 is 11.3 Å². The molecule has 1 aliphatic heterocycles. The van der Waals surface area contributed by atoms with Gasteiger partial charge in [-0.15, -0.1) is 11.3 Å². The van der Waals surface area contributed by atoms with Crippen molar-refractivity contribution in [3.8, 4) is 11.5 Å². The smallest absolute Gasteiger partial charge is 0.341 e. The largest absolute Gasteiger partial charge is 0.493 e. The highest BCUT2D eigenvalue weighted by atomic mass is 32.2. The van der Waals surface area contributed by atoms with Crippen LogP contribution in [0.2, 0.25) is 0 Å². The van der Waals surface area contributed by atoms with E-state index in [0.717, 1.165) is 17.4 Å². The minimum atomic E-state index is -3.33. The number of carbonyl (C=O) groups excluding carboxylic acids is 2. The number of anilines is 1. The van der Waals surface area contributed by atoms with E-state index in [4.69, 9.17) is 14.2 Å². The molecule has 0 spiro atoms. The summed E-state index contributed by atoms with van der Waals surface area (Å²) in [4.78, 5) is 37.0. The number of amides is 1. The number of rotatable bonds is 8. The molecule has 1 N–H and O–H groups in total. The zero-order valence-electron chi connectivity index (χ0n) is 18.1. The Morgan fingerprint density at radius 1 is 1.21 bits per heavy atom. The van der Waals surface area contributed by atoms with Gasteiger partial charge in [0.2, 0.25) is 0 Å². The van der Waals surface area contributed by atoms with Crippen molar-refractivity contribution in [1.82, 2.24) is 0 Å². The van der Waals surface area contributed by atoms with Crippen LogP contribution in [0.25, 0.3) is 0 Å². The van der Waals surface area contributed by atoms with Crippen molar-refractivity contribution in [3.05, 3.63) is 43.8 Å². The zero-order chi connectivity index (χ0) is 24.3. The molecule has 0 atom stereocenters. The van der Waals surface area contributed by atoms with Crippen LogP contribution in [-0.4, -0.2) is 51.3 Å². The van der Waals surface area contributed by atoms with Crippen molar-refractivity contribution < 1.29 is 37.1 Å². The van der Waals surface area contributed by atoms with Gasteiger partial charge in [0.1, 0.15) is 10.6 Å². The molecule has 0 fully saturated rings. The first-order valence-corrected chi connectivity index (χ1v) is 12.6. The summed E-state index contributed by atoms with van der Waals surface area (Å²) in [6.45, 7) is 3.64. The minimum absolute atomic E-state index is 0.0706. The van der Waals surface area contributed by atoms with Crippen molar-refractivity contribution in [2.24, 2.45) is 0 Å². The molecule has 0 bridgehead atoms. The Hall–Kier alpha value is -3.19. The van der Waals surface area contributed by atoms with Crippen molar-refractivity contribution in [3.63, 3.8) is 0 Å². The van der Waals surface area contributed by atoms with Crippen LogP contribution in [0.3, 0.4) is 0 Å². The number of nitrogens with zero attached hydrogens (tertiary/aromatic N) is 1. The molecule has 2 heterocycles. The predicted octanol–water partition coefficient (Wildman–Crippen LogP) is 2.96. The fourth-order valence-electron chi connectivity index (χ4n) is 3.41. The highest BCUT2D eigenvalue weighted by molar-refractivity contribution is 7.90. The summed E-state index contributed by atoms with van der Waals surface area (Å²) in [5, 5.41) is 14.2. The SMILES string of the molecule is CCOC(=O)c1c(NC(=O)c2cc(OCC)c(OC)cc2[N+](=O)[O-])sc2c1CCS(=O)(=O)C2. The van der Waals surface area contributed by atoms with E-state index in [1.807, 2.05) is 0 Å². The molecule has 1 aromatic heterocycles. The van der Waals surface area contributed by atoms with Gasteiger partial charge in [-0.25, -0.2) is 13.2 Å². The van der Waals surface area contributed by atoms with Gasteiger partial charge < -0.3 is 19.5 Å². The molecule has 0 unspecified atom stereocenters. The summed E-state index contributed by atoms with van der Waals surface area (Å²) in [7, 11) is -2.01. The zero-order valence-corrected chi connectivity index (χ0v) is 19.8. The molecular formula is C20H22N2O9S2. The van der Waals surface area contributed by atoms with Gasteiger partial charge in [0.15, 0.2) is 21.3 Å². The van der Waals surface area contributed by atoms with Crippen molar-refractivity contribution in [2.45, 2.75) is 26.0 Å². The number of nitro benzene ring substituents is 1. The van der Waals surface area contributed by atoms with Gasteiger partial charge in [0.25, 0.3) is 11.6 Å². The normalized spacial score (nSPS) is 14.2. The molecule has 3 rings (SSSR count). The van der Waals surface area contributed by atoms with Crippen molar-refractivity contribution in [1.29, 1.82) is 0 Å². The maximum absolute atomic E-state index is 13.1. The molecule has 178 valence electrons. The first-order chi connectivity index (χ1) is 15.6. The average molecular weight is 499 g/mol. The summed E-state index contributed by atoms with van der Waals surface area (Å²) in [6, 6.07) is 2.27. The lowest BCUT2D eigenvalue weighted by atomic mass is 10.1. The lowest BCUT2D eigenvalue weighted by Gasteiger charge is -2.13. The van der Waals surface area contributed by atoms with E-state index in [2.05, 4.69) is 5.32 Å². The number of carbonyl (C=O) groups is 2. The Kier molecular flexibility index (Phi) is 7.22. The average Bonchev–Trinajstić information content (AvgIpc) is 3.09. The van der Waals surface area contributed by atoms with E-state index in [9.17, 15) is 28.1 Å². The number of hydrogen-bond donors (Lipinski definition) is 1. The number of nitro groups is 1. The van der Waals surface area contributed by atoms with E-state index in [0.29, 0.717) is 10.4 Å². The molecule has 0 saturated heterocycles. The second kappa shape index (κ2) is 9.75. The predicted molar refractivity (Wildman–Crippen MR) is 120 cm³/mol. The standard InChI is InChI=1S/C20H22N2O9S2/c1-4-30-15-8-12(13(22(25)26)9-14(15)29-3)18(23)21-19-17(20(24)31-5-2)11-6-7-33(27,28)10-16(11)32-19/h8-9H,4-7,10H2,1-3H3,(H,21,23). The minimum Gasteiger partial charge on any atom is -0.493 e. The number of methoxy groups -OCH3 is 1. The van der Waals surface area contributed by atoms with Crippen LogP contribution in [0, 0.1) is 10.1 Å². The quantitative estimate of drug-likeness (QED) is 0.329. The maximum Gasteiger partial charge on any atom is 0.341 e. The molecule has 2 aromatic rings. The molecule has 11 nitrogen and oxygen atoms in total. The fraction of sp³-hybridized carbons (Fsp3) is 0.400. The molecular weight excluding hydrogens is 476 g/mol. The van der Waals surface area contributed by atoms with Crippen LogP contribution in [0.1, 0.15) is 45.0 Å². The third-order valence-corrected chi connectivity index (χ3v) is 7.72. The fourth-order valence-corrected chi connectivity index (χ4v) is 6.44. The van der Waals surface area contributed by atoms with Crippen LogP contribution in [0.4, 0.5) is 10.7 Å². The van der Waals surface area contributed by atoms with E-state index >= 15 is 0 Å². The van der Waals surface area contributed by atoms with Crippen LogP contribution < -0.4 is 14.8 Å². The maximum atomic E-state index is 13.1. The number of hydrogen-bond acceptors (Lipinski definition) is 10. The Morgan fingerprint density at radius 3 is 2.55 bits per heavy atom. The Balaban J connectivity index is 2.07. The Morgan fingerprint density at radius 2 is 1.94 bits per heavy atom. The summed E-state index contributed by atoms with van der Waals surface area (Å²) in [5.41, 5.74) is -0.253. The van der Waals surface area contributed by atoms with Crippen molar-refractivity contribution >= 4 is 43.7 Å². The first-order valence-electron chi connectivity index (χ1n) is 9.94. The second-order valence-corrected chi connectivity index (χ2v) is 10.2. The molecule has 0 saturated carbocycles. The third-order valence-electron chi connectivity index (χ3n) is 4.83. The third kappa shape index (κ3) is 5.09. The number of sulfone groups is 1. The molecule has 0 aliphatic carbocycles. The van der Waals surface area contributed by atoms with Gasteiger partial charge >= 0.3 is 5.97 Å². The highest BCUT2D eigenvalue weighted by Crippen LogP contribution is 2.40. The van der Waals surface area contributed by atoms with Gasteiger partial charge in [0, 0.05) is 10.9 Å². The van der Waals surface area contributed by atoms with Crippen LogP contribution in [0.15, 0.2) is 12.1 Å². The molecule has 0 radical (unpaired) electrons. The van der Waals surface area contributed by atoms with E-state index in [1.54, 1.807) is 13.8 Å². The number of nitrogens with one attached hydrogen (secondary N) is 1. The van der Waals surface area contributed by atoms with Gasteiger partial charge in [-0.05, 0) is 25.8 Å². The molecule has 13 heteroatoms. The lowest BCUT2D eigenvalue weighted by Crippen LogP contribution is -2.20. The summed E-state index contributed by atoms with van der Waals surface area (Å²) >= 11 is 0.940. The molecule has 1 amide bonds. The summed E-state index contributed by atoms with van der Waals surface area (Å²) < 4.78 is 39.7. The van der Waals surface area contributed by atoms with Gasteiger partial charge in [-0.3, -0.25) is 14.9 Å². The second-order valence-electron chi connectivity index (χ2n) is 6.93. The van der Waals surface area contributed by atoms with Gasteiger partial charge in [-0.1, -0.05) is 0 Å². The number of thiophene rings is 1. The summed E-state index contributed by atoms with van der Waals surface area (Å²) in [6.07, 6.45) is 0.107. The van der Waals surface area contributed by atoms with E-state index < -0.39 is 32.3 Å². The number of benzene rings is 1. The topological polar surface area (TPSA) is 151 Å². The molecule has 1 aliphatic rings. The van der Waals surface area contributed by atoms with Crippen LogP contribution in [-0.2, 0) is 26.7 Å². The first kappa shape index (κ1) is 24.5. The number of esters is 1. The summed E-state index contributed by atoms with van der Waals surface area (Å²) in [5.74, 6) is -1.73. The molecule has 33 heavy (non-hydrogen) atoms. The van der Waals surface area contributed by atoms with Crippen molar-refractivity contribution in [2.75, 3.05) is 31.4 Å². The number of ether oxygens (including phenoxy) is 3.